The Morgan fingerprint density at radius 2 is 1.97 bits per heavy atom. The van der Waals surface area contributed by atoms with Crippen molar-refractivity contribution in [1.82, 2.24) is 24.3 Å². The van der Waals surface area contributed by atoms with Crippen LogP contribution >= 0.6 is 0 Å². The molecule has 0 radical (unpaired) electrons. The van der Waals surface area contributed by atoms with E-state index in [4.69, 9.17) is 15.2 Å². The van der Waals surface area contributed by atoms with Gasteiger partial charge in [0.05, 0.1) is 25.7 Å². The third kappa shape index (κ3) is 4.11. The van der Waals surface area contributed by atoms with E-state index in [2.05, 4.69) is 36.6 Å². The minimum atomic E-state index is 0.376. The monoisotopic (exact) mass is 422 g/mol. The van der Waals surface area contributed by atoms with Crippen LogP contribution in [0.15, 0.2) is 36.8 Å². The first kappa shape index (κ1) is 20.2. The predicted molar refractivity (Wildman–Crippen MR) is 121 cm³/mol. The molecule has 4 heterocycles. The van der Waals surface area contributed by atoms with Crippen molar-refractivity contribution in [1.29, 1.82) is 0 Å². The molecule has 5 rings (SSSR count). The van der Waals surface area contributed by atoms with E-state index in [1.807, 2.05) is 18.2 Å². The molecule has 0 spiro atoms. The lowest BCUT2D eigenvalue weighted by atomic mass is 10.1. The summed E-state index contributed by atoms with van der Waals surface area (Å²) < 4.78 is 13.2. The van der Waals surface area contributed by atoms with Gasteiger partial charge in [0.1, 0.15) is 23.5 Å². The Balaban J connectivity index is 1.39. The molecule has 0 aliphatic carbocycles. The smallest absolute Gasteiger partial charge is 0.146 e. The van der Waals surface area contributed by atoms with Crippen LogP contribution in [-0.2, 0) is 4.74 Å². The van der Waals surface area contributed by atoms with Crippen LogP contribution in [0.4, 0.5) is 5.82 Å². The zero-order chi connectivity index (χ0) is 21.2. The molecular formula is C23H30N6O2. The highest BCUT2D eigenvalue weighted by atomic mass is 16.5. The van der Waals surface area contributed by atoms with Gasteiger partial charge in [-0.25, -0.2) is 9.97 Å². The van der Waals surface area contributed by atoms with Crippen molar-refractivity contribution in [3.8, 4) is 16.9 Å². The highest BCUT2D eigenvalue weighted by Gasteiger charge is 2.27. The lowest BCUT2D eigenvalue weighted by molar-refractivity contribution is 0.0343. The lowest BCUT2D eigenvalue weighted by Crippen LogP contribution is -2.41. The fraction of sp³-hybridized carbons (Fsp3) is 0.478. The number of rotatable bonds is 6. The van der Waals surface area contributed by atoms with E-state index in [9.17, 15) is 0 Å². The quantitative estimate of drug-likeness (QED) is 0.653. The molecule has 8 nitrogen and oxygen atoms in total. The van der Waals surface area contributed by atoms with E-state index in [1.54, 1.807) is 13.4 Å². The second-order valence-corrected chi connectivity index (χ2v) is 8.34. The fourth-order valence-electron chi connectivity index (χ4n) is 4.75. The molecule has 8 heteroatoms. The van der Waals surface area contributed by atoms with Gasteiger partial charge in [0.2, 0.25) is 0 Å². The number of hydrogen-bond donors (Lipinski definition) is 1. The Morgan fingerprint density at radius 3 is 2.81 bits per heavy atom. The van der Waals surface area contributed by atoms with Gasteiger partial charge in [0, 0.05) is 57.1 Å². The first-order valence-electron chi connectivity index (χ1n) is 11.0. The van der Waals surface area contributed by atoms with Crippen LogP contribution in [0.5, 0.6) is 5.75 Å². The van der Waals surface area contributed by atoms with Gasteiger partial charge in [0.15, 0.2) is 0 Å². The van der Waals surface area contributed by atoms with Crippen LogP contribution in [0.25, 0.3) is 22.2 Å². The second-order valence-electron chi connectivity index (χ2n) is 8.34. The maximum atomic E-state index is 6.31. The van der Waals surface area contributed by atoms with Crippen molar-refractivity contribution in [2.24, 2.45) is 0 Å². The summed E-state index contributed by atoms with van der Waals surface area (Å²) in [5.41, 5.74) is 9.34. The Bertz CT molecular complexity index is 1050. The van der Waals surface area contributed by atoms with E-state index in [0.717, 1.165) is 86.8 Å². The number of nitrogens with two attached hydrogens (primary N) is 1. The normalized spacial score (nSPS) is 20.5. The van der Waals surface area contributed by atoms with E-state index in [-0.39, 0.29) is 0 Å². The highest BCUT2D eigenvalue weighted by molar-refractivity contribution is 6.00. The number of hydrogen-bond acceptors (Lipinski definition) is 7. The van der Waals surface area contributed by atoms with Crippen molar-refractivity contribution >= 4 is 16.9 Å². The molecule has 164 valence electrons. The van der Waals surface area contributed by atoms with Gasteiger partial charge in [-0.3, -0.25) is 9.80 Å². The Hall–Kier alpha value is -2.68. The summed E-state index contributed by atoms with van der Waals surface area (Å²) in [6.45, 7) is 8.11. The Kier molecular flexibility index (Phi) is 5.76. The average Bonchev–Trinajstić information content (AvgIpc) is 3.44. The van der Waals surface area contributed by atoms with Crippen molar-refractivity contribution < 1.29 is 9.47 Å². The largest absolute Gasteiger partial charge is 0.497 e. The fourth-order valence-corrected chi connectivity index (χ4v) is 4.75. The number of ether oxygens (including phenoxy) is 2. The summed E-state index contributed by atoms with van der Waals surface area (Å²) in [7, 11) is 1.68. The molecule has 2 saturated heterocycles. The Labute approximate surface area is 182 Å². The first-order valence-corrected chi connectivity index (χ1v) is 11.0. The number of anilines is 1. The van der Waals surface area contributed by atoms with Crippen LogP contribution in [0, 0.1) is 0 Å². The Morgan fingerprint density at radius 1 is 1.13 bits per heavy atom. The van der Waals surface area contributed by atoms with Gasteiger partial charge in [-0.2, -0.15) is 0 Å². The molecule has 0 amide bonds. The molecule has 2 N–H and O–H groups in total. The van der Waals surface area contributed by atoms with E-state index in [1.165, 1.54) is 0 Å². The molecule has 31 heavy (non-hydrogen) atoms. The predicted octanol–water partition coefficient (Wildman–Crippen LogP) is 2.27. The van der Waals surface area contributed by atoms with Crippen LogP contribution < -0.4 is 10.5 Å². The number of aromatic nitrogens is 3. The van der Waals surface area contributed by atoms with Gasteiger partial charge in [-0.05, 0) is 24.1 Å². The van der Waals surface area contributed by atoms with Crippen molar-refractivity contribution in [2.45, 2.75) is 12.5 Å². The number of likely N-dealkylation sites (tertiary alicyclic amines) is 1. The molecule has 2 aliphatic heterocycles. The average molecular weight is 423 g/mol. The summed E-state index contributed by atoms with van der Waals surface area (Å²) in [5.74, 6) is 1.34. The third-order valence-corrected chi connectivity index (χ3v) is 6.50. The lowest BCUT2D eigenvalue weighted by Gasteiger charge is -2.28. The SMILES string of the molecule is COc1cccc(-c2cn(C3CCN(CCN4CCOCC4)C3)c3ncnc(N)c23)c1. The van der Waals surface area contributed by atoms with Crippen LogP contribution in [0.2, 0.25) is 0 Å². The molecule has 2 aromatic heterocycles. The molecule has 0 bridgehead atoms. The minimum Gasteiger partial charge on any atom is -0.497 e. The van der Waals surface area contributed by atoms with Gasteiger partial charge < -0.3 is 19.8 Å². The molecule has 1 unspecified atom stereocenters. The topological polar surface area (TPSA) is 81.7 Å². The van der Waals surface area contributed by atoms with Crippen molar-refractivity contribution in [3.05, 3.63) is 36.8 Å². The molecule has 0 saturated carbocycles. The summed E-state index contributed by atoms with van der Waals surface area (Å²) in [6.07, 6.45) is 4.86. The minimum absolute atomic E-state index is 0.376. The first-order chi connectivity index (χ1) is 15.2. The van der Waals surface area contributed by atoms with E-state index in [0.29, 0.717) is 11.9 Å². The van der Waals surface area contributed by atoms with Crippen molar-refractivity contribution in [2.75, 3.05) is 65.3 Å². The summed E-state index contributed by atoms with van der Waals surface area (Å²) >= 11 is 0. The number of methoxy groups -OCH3 is 1. The zero-order valence-electron chi connectivity index (χ0n) is 18.0. The van der Waals surface area contributed by atoms with E-state index < -0.39 is 0 Å². The summed E-state index contributed by atoms with van der Waals surface area (Å²) in [4.78, 5) is 13.9. The van der Waals surface area contributed by atoms with Gasteiger partial charge in [-0.1, -0.05) is 12.1 Å². The molecule has 2 fully saturated rings. The van der Waals surface area contributed by atoms with Gasteiger partial charge in [0.25, 0.3) is 0 Å². The summed E-state index contributed by atoms with van der Waals surface area (Å²) in [6, 6.07) is 8.44. The number of morpholine rings is 1. The number of benzene rings is 1. The van der Waals surface area contributed by atoms with Gasteiger partial charge in [-0.15, -0.1) is 0 Å². The highest BCUT2D eigenvalue weighted by Crippen LogP contribution is 2.37. The van der Waals surface area contributed by atoms with Crippen LogP contribution in [-0.4, -0.2) is 83.9 Å². The maximum absolute atomic E-state index is 6.31. The number of nitrogens with zero attached hydrogens (tertiary/aromatic N) is 5. The molecule has 2 aliphatic rings. The number of fused-ring (bicyclic) bond motifs is 1. The number of nitrogen functional groups attached to an aromatic ring is 1. The standard InChI is InChI=1S/C23H30N6O2/c1-30-19-4-2-3-17(13-19)20-15-29(23-21(20)22(24)25-16-26-23)18-5-6-28(14-18)8-7-27-9-11-31-12-10-27/h2-4,13,15-16,18H,5-12,14H2,1H3,(H2,24,25,26). The molecule has 1 atom stereocenters. The van der Waals surface area contributed by atoms with Gasteiger partial charge >= 0.3 is 0 Å². The third-order valence-electron chi connectivity index (χ3n) is 6.50. The molecular weight excluding hydrogens is 392 g/mol. The maximum Gasteiger partial charge on any atom is 0.146 e. The van der Waals surface area contributed by atoms with Crippen molar-refractivity contribution in [3.63, 3.8) is 0 Å². The second kappa shape index (κ2) is 8.82. The van der Waals surface area contributed by atoms with Crippen LogP contribution in [0.3, 0.4) is 0 Å². The zero-order valence-corrected chi connectivity index (χ0v) is 18.0. The van der Waals surface area contributed by atoms with E-state index >= 15 is 0 Å². The summed E-state index contributed by atoms with van der Waals surface area (Å²) in [5, 5.41) is 0.919. The molecule has 1 aromatic carbocycles. The van der Waals surface area contributed by atoms with Crippen LogP contribution in [0.1, 0.15) is 12.5 Å². The molecule has 3 aromatic rings.